The molecule has 1 aliphatic heterocycles. The van der Waals surface area contributed by atoms with E-state index in [1.807, 2.05) is 0 Å². The Bertz CT molecular complexity index is 445. The van der Waals surface area contributed by atoms with Gasteiger partial charge in [0.05, 0.1) is 12.2 Å². The molecule has 0 bridgehead atoms. The summed E-state index contributed by atoms with van der Waals surface area (Å²) in [6.07, 6.45) is 0.817. The van der Waals surface area contributed by atoms with E-state index in [0.29, 0.717) is 29.8 Å². The van der Waals surface area contributed by atoms with Crippen molar-refractivity contribution in [3.63, 3.8) is 0 Å². The first-order valence-corrected chi connectivity index (χ1v) is 7.12. The number of aromatic nitrogens is 1. The molecule has 1 saturated heterocycles. The first-order valence-electron chi connectivity index (χ1n) is 4.42. The second-order valence-corrected chi connectivity index (χ2v) is 6.37. The van der Waals surface area contributed by atoms with Crippen molar-refractivity contribution in [2.24, 2.45) is 0 Å². The van der Waals surface area contributed by atoms with Crippen molar-refractivity contribution in [3.05, 3.63) is 15.5 Å². The number of hydrogen-bond acceptors (Lipinski definition) is 4. The molecule has 84 valence electrons. The second-order valence-electron chi connectivity index (χ2n) is 3.18. The number of hydrogen-bond donors (Lipinski definition) is 1. The highest BCUT2D eigenvalue weighted by Gasteiger charge is 2.25. The van der Waals surface area contributed by atoms with Gasteiger partial charge in [-0.05, 0) is 6.42 Å². The van der Waals surface area contributed by atoms with Crippen LogP contribution in [0, 0.1) is 0 Å². The highest BCUT2D eigenvalue weighted by molar-refractivity contribution is 7.87. The Labute approximate surface area is 97.3 Å². The summed E-state index contributed by atoms with van der Waals surface area (Å²) in [5, 5.41) is 1.77. The van der Waals surface area contributed by atoms with Crippen molar-refractivity contribution in [1.29, 1.82) is 0 Å². The lowest BCUT2D eigenvalue weighted by atomic mass is 10.4. The molecule has 2 heterocycles. The van der Waals surface area contributed by atoms with Gasteiger partial charge in [0, 0.05) is 18.5 Å². The molecule has 0 amide bonds. The third kappa shape index (κ3) is 2.67. The molecule has 0 radical (unpaired) electrons. The summed E-state index contributed by atoms with van der Waals surface area (Å²) in [4.78, 5) is 4.02. The molecule has 1 aromatic rings. The zero-order valence-corrected chi connectivity index (χ0v) is 10.2. The summed E-state index contributed by atoms with van der Waals surface area (Å²) in [6, 6.07) is 0. The fraction of sp³-hybridized carbons (Fsp3) is 0.571. The molecule has 0 spiro atoms. The van der Waals surface area contributed by atoms with Crippen molar-refractivity contribution in [1.82, 2.24) is 14.0 Å². The Morgan fingerprint density at radius 3 is 3.07 bits per heavy atom. The normalized spacial score (nSPS) is 21.7. The zero-order valence-electron chi connectivity index (χ0n) is 7.81. The smallest absolute Gasteiger partial charge is 0.229 e. The Morgan fingerprint density at radius 2 is 2.47 bits per heavy atom. The van der Waals surface area contributed by atoms with Crippen molar-refractivity contribution >= 4 is 33.1 Å². The minimum absolute atomic E-state index is 0.290. The Morgan fingerprint density at radius 1 is 1.67 bits per heavy atom. The second kappa shape index (κ2) is 4.34. The quantitative estimate of drug-likeness (QED) is 0.864. The maximum absolute atomic E-state index is 11.6. The molecule has 0 unspecified atom stereocenters. The lowest BCUT2D eigenvalue weighted by molar-refractivity contribution is 0.367. The van der Waals surface area contributed by atoms with E-state index in [1.165, 1.54) is 15.6 Å². The van der Waals surface area contributed by atoms with Gasteiger partial charge in [-0.25, -0.2) is 9.71 Å². The van der Waals surface area contributed by atoms with E-state index in [2.05, 4.69) is 9.71 Å². The van der Waals surface area contributed by atoms with Crippen LogP contribution in [0.2, 0.25) is 4.47 Å². The SMILES string of the molecule is O=S1(=O)NCCCN1Cc1csc(Cl)n1. The van der Waals surface area contributed by atoms with Crippen molar-refractivity contribution in [2.45, 2.75) is 13.0 Å². The van der Waals surface area contributed by atoms with Crippen LogP contribution in [0.4, 0.5) is 0 Å². The maximum atomic E-state index is 11.6. The standard InChI is InChI=1S/C7H10ClN3O2S2/c8-7-10-6(5-14-7)4-11-3-1-2-9-15(11,12)13/h5,9H,1-4H2. The summed E-state index contributed by atoms with van der Waals surface area (Å²) < 4.78 is 27.4. The van der Waals surface area contributed by atoms with E-state index in [0.717, 1.165) is 6.42 Å². The number of thiazole rings is 1. The van der Waals surface area contributed by atoms with Gasteiger partial charge in [-0.15, -0.1) is 11.3 Å². The first-order chi connectivity index (χ1) is 7.08. The van der Waals surface area contributed by atoms with Crippen LogP contribution in [0.25, 0.3) is 0 Å². The zero-order chi connectivity index (χ0) is 10.9. The summed E-state index contributed by atoms with van der Waals surface area (Å²) in [5.74, 6) is 0. The Balaban J connectivity index is 2.11. The molecular weight excluding hydrogens is 258 g/mol. The van der Waals surface area contributed by atoms with Crippen LogP contribution in [0.5, 0.6) is 0 Å². The van der Waals surface area contributed by atoms with Crippen LogP contribution in [0.3, 0.4) is 0 Å². The summed E-state index contributed by atoms with van der Waals surface area (Å²) in [6.45, 7) is 1.33. The van der Waals surface area contributed by atoms with Gasteiger partial charge in [-0.2, -0.15) is 12.7 Å². The van der Waals surface area contributed by atoms with Crippen molar-refractivity contribution in [3.8, 4) is 0 Å². The number of nitrogens with one attached hydrogen (secondary N) is 1. The molecule has 8 heteroatoms. The van der Waals surface area contributed by atoms with Gasteiger partial charge in [0.15, 0.2) is 4.47 Å². The van der Waals surface area contributed by atoms with Gasteiger partial charge in [0.1, 0.15) is 0 Å². The predicted molar refractivity (Wildman–Crippen MR) is 59.1 cm³/mol. The number of halogens is 1. The fourth-order valence-corrected chi connectivity index (χ4v) is 3.40. The Hall–Kier alpha value is -0.210. The third-order valence-corrected chi connectivity index (χ3v) is 4.66. The van der Waals surface area contributed by atoms with Gasteiger partial charge in [-0.1, -0.05) is 11.6 Å². The minimum atomic E-state index is -3.31. The van der Waals surface area contributed by atoms with E-state index in [-0.39, 0.29) is 0 Å². The molecule has 1 N–H and O–H groups in total. The fourth-order valence-electron chi connectivity index (χ4n) is 1.37. The van der Waals surface area contributed by atoms with Crippen molar-refractivity contribution in [2.75, 3.05) is 13.1 Å². The molecule has 1 fully saturated rings. The third-order valence-electron chi connectivity index (χ3n) is 2.07. The molecule has 0 atom stereocenters. The number of rotatable bonds is 2. The van der Waals surface area contributed by atoms with Gasteiger partial charge < -0.3 is 0 Å². The van der Waals surface area contributed by atoms with Crippen LogP contribution >= 0.6 is 22.9 Å². The molecule has 0 aliphatic carbocycles. The van der Waals surface area contributed by atoms with E-state index in [9.17, 15) is 8.42 Å². The van der Waals surface area contributed by atoms with Crippen LogP contribution < -0.4 is 4.72 Å². The van der Waals surface area contributed by atoms with Gasteiger partial charge in [-0.3, -0.25) is 0 Å². The monoisotopic (exact) mass is 267 g/mol. The molecule has 15 heavy (non-hydrogen) atoms. The molecule has 5 nitrogen and oxygen atoms in total. The molecule has 1 aliphatic rings. The van der Waals surface area contributed by atoms with Gasteiger partial charge in [0.2, 0.25) is 0 Å². The van der Waals surface area contributed by atoms with Crippen molar-refractivity contribution < 1.29 is 8.42 Å². The highest BCUT2D eigenvalue weighted by atomic mass is 35.5. The minimum Gasteiger partial charge on any atom is -0.229 e. The number of nitrogens with zero attached hydrogens (tertiary/aromatic N) is 2. The Kier molecular flexibility index (Phi) is 3.27. The maximum Gasteiger partial charge on any atom is 0.279 e. The van der Waals surface area contributed by atoms with E-state index >= 15 is 0 Å². The van der Waals surface area contributed by atoms with E-state index in [1.54, 1.807) is 5.38 Å². The largest absolute Gasteiger partial charge is 0.279 e. The molecule has 1 aromatic heterocycles. The lowest BCUT2D eigenvalue weighted by Gasteiger charge is -2.25. The predicted octanol–water partition coefficient (Wildman–Crippen LogP) is 0.837. The van der Waals surface area contributed by atoms with Crippen LogP contribution in [0.1, 0.15) is 12.1 Å². The van der Waals surface area contributed by atoms with Crippen LogP contribution in [-0.2, 0) is 16.8 Å². The summed E-state index contributed by atoms with van der Waals surface area (Å²) in [7, 11) is -3.31. The van der Waals surface area contributed by atoms with Gasteiger partial charge >= 0.3 is 0 Å². The summed E-state index contributed by atoms with van der Waals surface area (Å²) in [5.41, 5.74) is 0.692. The van der Waals surface area contributed by atoms with Crippen LogP contribution in [0.15, 0.2) is 5.38 Å². The van der Waals surface area contributed by atoms with E-state index < -0.39 is 10.2 Å². The highest BCUT2D eigenvalue weighted by Crippen LogP contribution is 2.18. The molecule has 2 rings (SSSR count). The molecule has 0 saturated carbocycles. The topological polar surface area (TPSA) is 62.3 Å². The van der Waals surface area contributed by atoms with Crippen LogP contribution in [-0.4, -0.2) is 30.8 Å². The summed E-state index contributed by atoms with van der Waals surface area (Å²) >= 11 is 6.98. The lowest BCUT2D eigenvalue weighted by Crippen LogP contribution is -2.46. The average Bonchev–Trinajstić information content (AvgIpc) is 2.55. The van der Waals surface area contributed by atoms with Gasteiger partial charge in [0.25, 0.3) is 10.2 Å². The molecule has 0 aromatic carbocycles. The van der Waals surface area contributed by atoms with E-state index in [4.69, 9.17) is 11.6 Å². The first kappa shape index (κ1) is 11.3. The average molecular weight is 268 g/mol. The molecular formula is C7H10ClN3O2S2.